The van der Waals surface area contributed by atoms with E-state index in [4.69, 9.17) is 4.74 Å². The lowest BCUT2D eigenvalue weighted by Gasteiger charge is -2.11. The van der Waals surface area contributed by atoms with Crippen LogP contribution in [0.5, 0.6) is 5.75 Å². The van der Waals surface area contributed by atoms with Crippen molar-refractivity contribution in [2.45, 2.75) is 13.5 Å². The number of halogens is 1. The highest BCUT2D eigenvalue weighted by molar-refractivity contribution is 5.60. The summed E-state index contributed by atoms with van der Waals surface area (Å²) in [6.45, 7) is 2.16. The molecule has 2 N–H and O–H groups in total. The van der Waals surface area contributed by atoms with Gasteiger partial charge in [-0.05, 0) is 25.1 Å². The molecule has 25 heavy (non-hydrogen) atoms. The van der Waals surface area contributed by atoms with E-state index in [0.29, 0.717) is 29.6 Å². The van der Waals surface area contributed by atoms with E-state index in [1.807, 2.05) is 31.2 Å². The molecule has 2 aromatic carbocycles. The first-order valence-electron chi connectivity index (χ1n) is 7.88. The topological polar surface area (TPSA) is 59.1 Å². The van der Waals surface area contributed by atoms with E-state index in [0.717, 1.165) is 11.4 Å². The predicted octanol–water partition coefficient (Wildman–Crippen LogP) is 4.29. The molecule has 1 heterocycles. The highest BCUT2D eigenvalue weighted by Gasteiger charge is 2.05. The van der Waals surface area contributed by atoms with Crippen molar-refractivity contribution >= 4 is 17.3 Å². The van der Waals surface area contributed by atoms with Gasteiger partial charge in [-0.2, -0.15) is 0 Å². The van der Waals surface area contributed by atoms with Gasteiger partial charge in [0.15, 0.2) is 0 Å². The van der Waals surface area contributed by atoms with Crippen LogP contribution < -0.4 is 15.4 Å². The Kier molecular flexibility index (Phi) is 5.09. The number of aryl methyl sites for hydroxylation is 1. The van der Waals surface area contributed by atoms with E-state index < -0.39 is 0 Å². The number of anilines is 3. The zero-order valence-electron chi connectivity index (χ0n) is 14.1. The molecule has 0 saturated carbocycles. The fourth-order valence-electron chi connectivity index (χ4n) is 2.40. The molecule has 0 saturated heterocycles. The van der Waals surface area contributed by atoms with Gasteiger partial charge < -0.3 is 15.4 Å². The molecule has 0 amide bonds. The second kappa shape index (κ2) is 7.61. The van der Waals surface area contributed by atoms with E-state index >= 15 is 0 Å². The molecule has 6 heteroatoms. The Bertz CT molecular complexity index is 870. The van der Waals surface area contributed by atoms with Gasteiger partial charge in [-0.3, -0.25) is 0 Å². The number of nitrogens with one attached hydrogen (secondary N) is 2. The lowest BCUT2D eigenvalue weighted by Crippen LogP contribution is -2.06. The summed E-state index contributed by atoms with van der Waals surface area (Å²) in [7, 11) is 1.62. The van der Waals surface area contributed by atoms with Crippen LogP contribution >= 0.6 is 0 Å². The molecule has 5 nitrogen and oxygen atoms in total. The number of aromatic nitrogens is 2. The molecule has 0 spiro atoms. The van der Waals surface area contributed by atoms with Gasteiger partial charge in [0.2, 0.25) is 0 Å². The van der Waals surface area contributed by atoms with Gasteiger partial charge in [-0.1, -0.05) is 24.3 Å². The van der Waals surface area contributed by atoms with Crippen LogP contribution in [-0.4, -0.2) is 17.1 Å². The Morgan fingerprint density at radius 2 is 1.80 bits per heavy atom. The predicted molar refractivity (Wildman–Crippen MR) is 96.8 cm³/mol. The van der Waals surface area contributed by atoms with Crippen LogP contribution in [0.2, 0.25) is 0 Å². The summed E-state index contributed by atoms with van der Waals surface area (Å²) in [5.74, 6) is 2.41. The van der Waals surface area contributed by atoms with Crippen molar-refractivity contribution in [3.05, 3.63) is 71.8 Å². The lowest BCUT2D eigenvalue weighted by atomic mass is 10.2. The van der Waals surface area contributed by atoms with E-state index in [1.54, 1.807) is 31.4 Å². The third-order valence-electron chi connectivity index (χ3n) is 3.60. The van der Waals surface area contributed by atoms with Crippen molar-refractivity contribution in [3.8, 4) is 5.75 Å². The zero-order valence-corrected chi connectivity index (χ0v) is 14.1. The third kappa shape index (κ3) is 4.44. The molecular formula is C19H19FN4O. The number of nitrogens with zero attached hydrogens (tertiary/aromatic N) is 2. The SMILES string of the molecule is COc1cccc(Nc2cc(NCc3ccccc3F)nc(C)n2)c1. The molecule has 128 valence electrons. The maximum Gasteiger partial charge on any atom is 0.136 e. The summed E-state index contributed by atoms with van der Waals surface area (Å²) >= 11 is 0. The molecule has 3 aromatic rings. The Morgan fingerprint density at radius 1 is 1.00 bits per heavy atom. The Hall–Kier alpha value is -3.15. The van der Waals surface area contributed by atoms with Gasteiger partial charge in [0, 0.05) is 29.9 Å². The monoisotopic (exact) mass is 338 g/mol. The second-order valence-electron chi connectivity index (χ2n) is 5.49. The summed E-state index contributed by atoms with van der Waals surface area (Å²) in [5, 5.41) is 6.36. The average Bonchev–Trinajstić information content (AvgIpc) is 2.61. The van der Waals surface area contributed by atoms with Crippen molar-refractivity contribution in [3.63, 3.8) is 0 Å². The van der Waals surface area contributed by atoms with Crippen LogP contribution in [0.1, 0.15) is 11.4 Å². The molecule has 0 atom stereocenters. The lowest BCUT2D eigenvalue weighted by molar-refractivity contribution is 0.415. The Labute approximate surface area is 145 Å². The Morgan fingerprint density at radius 3 is 2.60 bits per heavy atom. The minimum atomic E-state index is -0.240. The van der Waals surface area contributed by atoms with Crippen LogP contribution in [0.3, 0.4) is 0 Å². The van der Waals surface area contributed by atoms with Crippen molar-refractivity contribution < 1.29 is 9.13 Å². The number of rotatable bonds is 6. The van der Waals surface area contributed by atoms with Crippen molar-refractivity contribution in [1.82, 2.24) is 9.97 Å². The maximum atomic E-state index is 13.7. The standard InChI is InChI=1S/C19H19FN4O/c1-13-22-18(21-12-14-6-3-4-9-17(14)20)11-19(23-13)24-15-7-5-8-16(10-15)25-2/h3-11H,12H2,1-2H3,(H2,21,22,23,24). The van der Waals surface area contributed by atoms with Gasteiger partial charge in [-0.15, -0.1) is 0 Å². The first kappa shape index (κ1) is 16.7. The van der Waals surface area contributed by atoms with Crippen molar-refractivity contribution in [1.29, 1.82) is 0 Å². The van der Waals surface area contributed by atoms with Gasteiger partial charge in [0.1, 0.15) is 29.0 Å². The van der Waals surface area contributed by atoms with Crippen LogP contribution in [0.15, 0.2) is 54.6 Å². The van der Waals surface area contributed by atoms with E-state index in [-0.39, 0.29) is 5.82 Å². The van der Waals surface area contributed by atoms with Crippen molar-refractivity contribution in [2.24, 2.45) is 0 Å². The summed E-state index contributed by atoms with van der Waals surface area (Å²) < 4.78 is 18.9. The molecule has 0 aliphatic carbocycles. The molecule has 0 bridgehead atoms. The number of hydrogen-bond donors (Lipinski definition) is 2. The minimum absolute atomic E-state index is 0.240. The average molecular weight is 338 g/mol. The molecule has 0 radical (unpaired) electrons. The van der Waals surface area contributed by atoms with Gasteiger partial charge in [0.05, 0.1) is 7.11 Å². The van der Waals surface area contributed by atoms with Gasteiger partial charge in [-0.25, -0.2) is 14.4 Å². The summed E-state index contributed by atoms with van der Waals surface area (Å²) in [5.41, 5.74) is 1.44. The van der Waals surface area contributed by atoms with Crippen molar-refractivity contribution in [2.75, 3.05) is 17.7 Å². The van der Waals surface area contributed by atoms with E-state index in [2.05, 4.69) is 20.6 Å². The third-order valence-corrected chi connectivity index (χ3v) is 3.60. The number of ether oxygens (including phenoxy) is 1. The van der Waals surface area contributed by atoms with Gasteiger partial charge >= 0.3 is 0 Å². The number of methoxy groups -OCH3 is 1. The summed E-state index contributed by atoms with van der Waals surface area (Å²) in [6, 6.07) is 16.0. The van der Waals surface area contributed by atoms with Crippen LogP contribution in [-0.2, 0) is 6.54 Å². The quantitative estimate of drug-likeness (QED) is 0.702. The van der Waals surface area contributed by atoms with E-state index in [1.165, 1.54) is 6.07 Å². The first-order valence-corrected chi connectivity index (χ1v) is 7.88. The molecule has 0 fully saturated rings. The fraction of sp³-hybridized carbons (Fsp3) is 0.158. The maximum absolute atomic E-state index is 13.7. The molecule has 0 aliphatic rings. The molecule has 3 rings (SSSR count). The number of hydrogen-bond acceptors (Lipinski definition) is 5. The minimum Gasteiger partial charge on any atom is -0.497 e. The zero-order chi connectivity index (χ0) is 17.6. The largest absolute Gasteiger partial charge is 0.497 e. The molecular weight excluding hydrogens is 319 g/mol. The molecule has 0 unspecified atom stereocenters. The highest BCUT2D eigenvalue weighted by atomic mass is 19.1. The highest BCUT2D eigenvalue weighted by Crippen LogP contribution is 2.22. The normalized spacial score (nSPS) is 10.4. The molecule has 0 aliphatic heterocycles. The first-order chi connectivity index (χ1) is 12.1. The summed E-state index contributed by atoms with van der Waals surface area (Å²) in [4.78, 5) is 8.72. The van der Waals surface area contributed by atoms with Crippen LogP contribution in [0.25, 0.3) is 0 Å². The molecule has 1 aromatic heterocycles. The van der Waals surface area contributed by atoms with Gasteiger partial charge in [0.25, 0.3) is 0 Å². The van der Waals surface area contributed by atoms with E-state index in [9.17, 15) is 4.39 Å². The smallest absolute Gasteiger partial charge is 0.136 e. The fourth-order valence-corrected chi connectivity index (χ4v) is 2.40. The number of benzene rings is 2. The second-order valence-corrected chi connectivity index (χ2v) is 5.49. The van der Waals surface area contributed by atoms with Crippen LogP contribution in [0.4, 0.5) is 21.7 Å². The van der Waals surface area contributed by atoms with Crippen LogP contribution in [0, 0.1) is 12.7 Å². The summed E-state index contributed by atoms with van der Waals surface area (Å²) in [6.07, 6.45) is 0. The Balaban J connectivity index is 1.75.